The van der Waals surface area contributed by atoms with Crippen LogP contribution in [-0.4, -0.2) is 54.1 Å². The van der Waals surface area contributed by atoms with Gasteiger partial charge in [-0.25, -0.2) is 0 Å². The summed E-state index contributed by atoms with van der Waals surface area (Å²) in [5.74, 6) is -0.108. The molecule has 0 radical (unpaired) electrons. The van der Waals surface area contributed by atoms with Crippen LogP contribution in [0.1, 0.15) is 36.7 Å². The van der Waals surface area contributed by atoms with Gasteiger partial charge < -0.3 is 15.2 Å². The summed E-state index contributed by atoms with van der Waals surface area (Å²) in [7, 11) is 0. The number of likely N-dealkylation sites (N-methyl/N-ethyl adjacent to an activating group) is 1. The van der Waals surface area contributed by atoms with E-state index >= 15 is 0 Å². The van der Waals surface area contributed by atoms with Crippen molar-refractivity contribution < 1.29 is 14.1 Å². The maximum absolute atomic E-state index is 12.2. The summed E-state index contributed by atoms with van der Waals surface area (Å²) in [5.41, 5.74) is 1.00. The number of benzene rings is 1. The zero-order valence-corrected chi connectivity index (χ0v) is 15.6. The standard InChI is InChI=1S/C20H26N4O3/c1-2-24-11-7-6-10-16(24)13-21-19(25)14-22-20(26)17-12-18(27-23-17)15-8-4-3-5-9-15/h3-5,8-9,12,16H,2,6-7,10-11,13-14H2,1H3,(H,21,25)(H,22,26). The molecule has 0 aliphatic carbocycles. The molecule has 1 aliphatic rings. The number of carbonyl (C=O) groups excluding carboxylic acids is 2. The van der Waals surface area contributed by atoms with Crippen molar-refractivity contribution in [2.45, 2.75) is 32.2 Å². The Hall–Kier alpha value is -2.67. The van der Waals surface area contributed by atoms with Crippen LogP contribution in [0.4, 0.5) is 0 Å². The van der Waals surface area contributed by atoms with Crippen LogP contribution in [0.25, 0.3) is 11.3 Å². The molecule has 7 nitrogen and oxygen atoms in total. The van der Waals surface area contributed by atoms with Crippen LogP contribution in [0, 0.1) is 0 Å². The molecule has 1 atom stereocenters. The molecule has 1 unspecified atom stereocenters. The highest BCUT2D eigenvalue weighted by atomic mass is 16.5. The van der Waals surface area contributed by atoms with Crippen molar-refractivity contribution in [1.29, 1.82) is 0 Å². The summed E-state index contributed by atoms with van der Waals surface area (Å²) in [5, 5.41) is 9.29. The van der Waals surface area contributed by atoms with E-state index in [1.54, 1.807) is 6.07 Å². The zero-order chi connectivity index (χ0) is 19.1. The van der Waals surface area contributed by atoms with Gasteiger partial charge in [0.25, 0.3) is 5.91 Å². The monoisotopic (exact) mass is 370 g/mol. The Morgan fingerprint density at radius 2 is 2.04 bits per heavy atom. The summed E-state index contributed by atoms with van der Waals surface area (Å²) < 4.78 is 5.21. The summed E-state index contributed by atoms with van der Waals surface area (Å²) in [4.78, 5) is 26.6. The lowest BCUT2D eigenvalue weighted by molar-refractivity contribution is -0.120. The van der Waals surface area contributed by atoms with E-state index in [-0.39, 0.29) is 18.1 Å². The number of likely N-dealkylation sites (tertiary alicyclic amines) is 1. The van der Waals surface area contributed by atoms with Gasteiger partial charge in [0.1, 0.15) is 0 Å². The second-order valence-corrected chi connectivity index (χ2v) is 6.71. The second kappa shape index (κ2) is 9.32. The Morgan fingerprint density at radius 1 is 1.22 bits per heavy atom. The van der Waals surface area contributed by atoms with Crippen LogP contribution < -0.4 is 10.6 Å². The Labute approximate surface area is 159 Å². The predicted molar refractivity (Wildman–Crippen MR) is 102 cm³/mol. The third kappa shape index (κ3) is 5.17. The van der Waals surface area contributed by atoms with Crippen molar-refractivity contribution in [3.05, 3.63) is 42.1 Å². The van der Waals surface area contributed by atoms with Gasteiger partial charge in [-0.15, -0.1) is 0 Å². The Kier molecular flexibility index (Phi) is 6.59. The fraction of sp³-hybridized carbons (Fsp3) is 0.450. The van der Waals surface area contributed by atoms with E-state index in [1.165, 1.54) is 12.8 Å². The average molecular weight is 370 g/mol. The number of carbonyl (C=O) groups is 2. The highest BCUT2D eigenvalue weighted by Crippen LogP contribution is 2.19. The van der Waals surface area contributed by atoms with Gasteiger partial charge in [-0.1, -0.05) is 48.8 Å². The molecular weight excluding hydrogens is 344 g/mol. The lowest BCUT2D eigenvalue weighted by atomic mass is 10.0. The topological polar surface area (TPSA) is 87.5 Å². The lowest BCUT2D eigenvalue weighted by Gasteiger charge is -2.34. The number of hydrogen-bond acceptors (Lipinski definition) is 5. The third-order valence-corrected chi connectivity index (χ3v) is 4.90. The number of nitrogens with zero attached hydrogens (tertiary/aromatic N) is 2. The van der Waals surface area contributed by atoms with Crippen molar-refractivity contribution in [2.75, 3.05) is 26.2 Å². The molecule has 2 heterocycles. The highest BCUT2D eigenvalue weighted by Gasteiger charge is 2.21. The predicted octanol–water partition coefficient (Wildman–Crippen LogP) is 2.06. The summed E-state index contributed by atoms with van der Waals surface area (Å²) >= 11 is 0. The maximum Gasteiger partial charge on any atom is 0.273 e. The summed E-state index contributed by atoms with van der Waals surface area (Å²) in [6.45, 7) is 4.76. The molecule has 1 fully saturated rings. The molecule has 1 aromatic heterocycles. The van der Waals surface area contributed by atoms with E-state index < -0.39 is 5.91 Å². The van der Waals surface area contributed by atoms with Crippen molar-refractivity contribution >= 4 is 11.8 Å². The van der Waals surface area contributed by atoms with Crippen molar-refractivity contribution in [3.8, 4) is 11.3 Å². The van der Waals surface area contributed by atoms with Gasteiger partial charge in [-0.3, -0.25) is 14.5 Å². The molecule has 27 heavy (non-hydrogen) atoms. The smallest absolute Gasteiger partial charge is 0.273 e. The summed E-state index contributed by atoms with van der Waals surface area (Å²) in [6, 6.07) is 11.4. The van der Waals surface area contributed by atoms with Crippen molar-refractivity contribution in [3.63, 3.8) is 0 Å². The van der Waals surface area contributed by atoms with Gasteiger partial charge in [0.15, 0.2) is 11.5 Å². The Morgan fingerprint density at radius 3 is 2.81 bits per heavy atom. The van der Waals surface area contributed by atoms with Crippen LogP contribution in [0.5, 0.6) is 0 Å². The molecule has 144 valence electrons. The minimum Gasteiger partial charge on any atom is -0.355 e. The molecule has 1 aliphatic heterocycles. The van der Waals surface area contributed by atoms with Crippen LogP contribution in [-0.2, 0) is 4.79 Å². The fourth-order valence-corrected chi connectivity index (χ4v) is 3.37. The van der Waals surface area contributed by atoms with E-state index in [0.717, 1.165) is 25.1 Å². The first-order valence-corrected chi connectivity index (χ1v) is 9.48. The molecule has 0 bridgehead atoms. The van der Waals surface area contributed by atoms with Crippen LogP contribution in [0.15, 0.2) is 40.9 Å². The first kappa shape index (κ1) is 19.1. The largest absolute Gasteiger partial charge is 0.355 e. The molecule has 0 spiro atoms. The molecule has 2 amide bonds. The Bertz CT molecular complexity index is 760. The summed E-state index contributed by atoms with van der Waals surface area (Å²) in [6.07, 6.45) is 3.52. The normalized spacial score (nSPS) is 17.4. The quantitative estimate of drug-likeness (QED) is 0.779. The van der Waals surface area contributed by atoms with Crippen LogP contribution in [0.2, 0.25) is 0 Å². The number of aromatic nitrogens is 1. The van der Waals surface area contributed by atoms with Crippen LogP contribution in [0.3, 0.4) is 0 Å². The second-order valence-electron chi connectivity index (χ2n) is 6.71. The van der Waals surface area contributed by atoms with Gasteiger partial charge in [-0.2, -0.15) is 0 Å². The van der Waals surface area contributed by atoms with E-state index in [9.17, 15) is 9.59 Å². The SMILES string of the molecule is CCN1CCCCC1CNC(=O)CNC(=O)c1cc(-c2ccccc2)on1. The van der Waals surface area contributed by atoms with E-state index in [2.05, 4.69) is 27.6 Å². The molecule has 0 saturated carbocycles. The fourth-order valence-electron chi connectivity index (χ4n) is 3.37. The number of piperidine rings is 1. The van der Waals surface area contributed by atoms with Crippen molar-refractivity contribution in [1.82, 2.24) is 20.7 Å². The molecule has 1 aromatic carbocycles. The number of hydrogen-bond donors (Lipinski definition) is 2. The maximum atomic E-state index is 12.2. The van der Waals surface area contributed by atoms with Gasteiger partial charge in [0.2, 0.25) is 5.91 Å². The number of amides is 2. The van der Waals surface area contributed by atoms with Crippen LogP contribution >= 0.6 is 0 Å². The number of nitrogens with one attached hydrogen (secondary N) is 2. The molecule has 2 aromatic rings. The van der Waals surface area contributed by atoms with Gasteiger partial charge in [0.05, 0.1) is 6.54 Å². The minimum absolute atomic E-state index is 0.0782. The lowest BCUT2D eigenvalue weighted by Crippen LogP contribution is -2.48. The van der Waals surface area contributed by atoms with Gasteiger partial charge in [0, 0.05) is 24.2 Å². The van der Waals surface area contributed by atoms with E-state index in [4.69, 9.17) is 4.52 Å². The number of rotatable bonds is 7. The first-order valence-electron chi connectivity index (χ1n) is 9.48. The van der Waals surface area contributed by atoms with E-state index in [0.29, 0.717) is 18.3 Å². The minimum atomic E-state index is -0.427. The van der Waals surface area contributed by atoms with Gasteiger partial charge in [-0.05, 0) is 25.9 Å². The zero-order valence-electron chi connectivity index (χ0n) is 15.6. The molecular formula is C20H26N4O3. The average Bonchev–Trinajstić information content (AvgIpc) is 3.21. The molecule has 1 saturated heterocycles. The first-order chi connectivity index (χ1) is 13.2. The highest BCUT2D eigenvalue weighted by molar-refractivity contribution is 5.95. The third-order valence-electron chi connectivity index (χ3n) is 4.90. The molecule has 2 N–H and O–H groups in total. The van der Waals surface area contributed by atoms with Gasteiger partial charge >= 0.3 is 0 Å². The molecule has 3 rings (SSSR count). The molecule has 7 heteroatoms. The van der Waals surface area contributed by atoms with Crippen molar-refractivity contribution in [2.24, 2.45) is 0 Å². The Balaban J connectivity index is 1.45. The van der Waals surface area contributed by atoms with E-state index in [1.807, 2.05) is 30.3 Å².